The molecule has 0 unspecified atom stereocenters. The summed E-state index contributed by atoms with van der Waals surface area (Å²) in [6.07, 6.45) is 5.30. The van der Waals surface area contributed by atoms with Crippen molar-refractivity contribution in [3.05, 3.63) is 41.1 Å². The maximum absolute atomic E-state index is 13.0. The van der Waals surface area contributed by atoms with E-state index in [1.54, 1.807) is 0 Å². The Hall–Kier alpha value is -2.41. The zero-order valence-electron chi connectivity index (χ0n) is 14.8. The van der Waals surface area contributed by atoms with Crippen LogP contribution in [0.4, 0.5) is 0 Å². The predicted octanol–water partition coefficient (Wildman–Crippen LogP) is 4.86. The molecule has 0 atom stereocenters. The highest BCUT2D eigenvalue weighted by Gasteiger charge is 2.37. The van der Waals surface area contributed by atoms with E-state index < -0.39 is 0 Å². The molecule has 0 saturated heterocycles. The molecule has 2 fully saturated rings. The average Bonchev–Trinajstić information content (AvgIpc) is 3.54. The molecule has 0 bridgehead atoms. The van der Waals surface area contributed by atoms with Crippen LogP contribution >= 0.6 is 0 Å². The number of nitriles is 1. The smallest absolute Gasteiger partial charge is 0.181 e. The van der Waals surface area contributed by atoms with Crippen LogP contribution in [0.25, 0.3) is 11.3 Å². The van der Waals surface area contributed by atoms with Crippen molar-refractivity contribution in [1.82, 2.24) is 9.78 Å². The number of benzene rings is 1. The minimum absolute atomic E-state index is 0.155. The van der Waals surface area contributed by atoms with Crippen molar-refractivity contribution < 1.29 is 4.79 Å². The molecule has 2 aliphatic rings. The number of rotatable bonds is 6. The van der Waals surface area contributed by atoms with Crippen LogP contribution < -0.4 is 0 Å². The molecule has 0 radical (unpaired) electrons. The van der Waals surface area contributed by atoms with E-state index in [-0.39, 0.29) is 11.8 Å². The van der Waals surface area contributed by atoms with Crippen molar-refractivity contribution in [2.24, 2.45) is 5.92 Å². The molecule has 0 N–H and O–H groups in total. The Morgan fingerprint density at radius 2 is 1.92 bits per heavy atom. The molecule has 0 spiro atoms. The van der Waals surface area contributed by atoms with Crippen molar-refractivity contribution in [3.8, 4) is 17.3 Å². The molecule has 2 aliphatic carbocycles. The van der Waals surface area contributed by atoms with Crippen LogP contribution in [0.15, 0.2) is 24.3 Å². The van der Waals surface area contributed by atoms with Crippen LogP contribution in [0, 0.1) is 17.2 Å². The van der Waals surface area contributed by atoms with Gasteiger partial charge in [0.05, 0.1) is 17.3 Å². The molecule has 0 amide bonds. The molecule has 4 heteroatoms. The number of carbonyl (C=O) groups excluding carboxylic acids is 1. The van der Waals surface area contributed by atoms with Crippen molar-refractivity contribution in [2.75, 3.05) is 0 Å². The van der Waals surface area contributed by atoms with Gasteiger partial charge >= 0.3 is 0 Å². The summed E-state index contributed by atoms with van der Waals surface area (Å²) in [6.45, 7) is 4.17. The Kier molecular flexibility index (Phi) is 3.95. The molecule has 1 aromatic heterocycles. The van der Waals surface area contributed by atoms with Gasteiger partial charge in [-0.05, 0) is 63.5 Å². The van der Waals surface area contributed by atoms with E-state index in [0.29, 0.717) is 23.8 Å². The molecule has 0 aliphatic heterocycles. The van der Waals surface area contributed by atoms with Crippen molar-refractivity contribution in [3.63, 3.8) is 0 Å². The number of carbonyl (C=O) groups is 1. The van der Waals surface area contributed by atoms with E-state index in [1.807, 2.05) is 28.9 Å². The first kappa shape index (κ1) is 16.1. The number of aromatic nitrogens is 2. The highest BCUT2D eigenvalue weighted by molar-refractivity contribution is 5.98. The van der Waals surface area contributed by atoms with Gasteiger partial charge in [0.25, 0.3) is 0 Å². The number of hydrogen-bond acceptors (Lipinski definition) is 3. The van der Waals surface area contributed by atoms with E-state index in [4.69, 9.17) is 10.4 Å². The minimum atomic E-state index is 0.155. The molecule has 4 nitrogen and oxygen atoms in total. The molecule has 2 aromatic rings. The maximum Gasteiger partial charge on any atom is 0.181 e. The SMILES string of the molecule is CC(C)n1nc(-c2ccc(C#N)cc2)c(C2CC2)c1C(=O)CC1CC1. The second-order valence-corrected chi connectivity index (χ2v) is 7.68. The standard InChI is InChI=1S/C21H23N3O/c1-13(2)24-21(18(25)11-14-3-4-14)19(16-9-10-16)20(23-24)17-7-5-15(12-22)6-8-17/h5-8,13-14,16H,3-4,9-11H2,1-2H3. The Labute approximate surface area is 148 Å². The molecule has 4 rings (SSSR count). The van der Waals surface area contributed by atoms with E-state index >= 15 is 0 Å². The summed E-state index contributed by atoms with van der Waals surface area (Å²) < 4.78 is 1.94. The topological polar surface area (TPSA) is 58.7 Å². The summed E-state index contributed by atoms with van der Waals surface area (Å²) in [5.74, 6) is 1.29. The third kappa shape index (κ3) is 3.11. The first-order valence-corrected chi connectivity index (χ1v) is 9.24. The van der Waals surface area contributed by atoms with Crippen LogP contribution in [0.1, 0.15) is 79.5 Å². The Balaban J connectivity index is 1.82. The van der Waals surface area contributed by atoms with Gasteiger partial charge in [-0.3, -0.25) is 9.48 Å². The molecule has 2 saturated carbocycles. The summed E-state index contributed by atoms with van der Waals surface area (Å²) in [4.78, 5) is 13.0. The lowest BCUT2D eigenvalue weighted by Gasteiger charge is -2.11. The third-order valence-electron chi connectivity index (χ3n) is 5.14. The summed E-state index contributed by atoms with van der Waals surface area (Å²) >= 11 is 0. The lowest BCUT2D eigenvalue weighted by Crippen LogP contribution is -2.14. The maximum atomic E-state index is 13.0. The summed E-state index contributed by atoms with van der Waals surface area (Å²) in [5.41, 5.74) is 4.55. The number of ketones is 1. The largest absolute Gasteiger partial charge is 0.292 e. The predicted molar refractivity (Wildman–Crippen MR) is 96.4 cm³/mol. The fourth-order valence-corrected chi connectivity index (χ4v) is 3.45. The second-order valence-electron chi connectivity index (χ2n) is 7.68. The molecular weight excluding hydrogens is 310 g/mol. The van der Waals surface area contributed by atoms with Crippen LogP contribution in [-0.4, -0.2) is 15.6 Å². The molecular formula is C21H23N3O. The van der Waals surface area contributed by atoms with Gasteiger partial charge in [0.15, 0.2) is 5.78 Å². The fourth-order valence-electron chi connectivity index (χ4n) is 3.45. The van der Waals surface area contributed by atoms with Crippen LogP contribution in [0.5, 0.6) is 0 Å². The lowest BCUT2D eigenvalue weighted by molar-refractivity contribution is 0.0962. The first-order chi connectivity index (χ1) is 12.1. The number of hydrogen-bond donors (Lipinski definition) is 0. The molecule has 128 valence electrons. The van der Waals surface area contributed by atoms with Gasteiger partial charge in [-0.1, -0.05) is 12.1 Å². The van der Waals surface area contributed by atoms with Gasteiger partial charge in [-0.15, -0.1) is 0 Å². The summed E-state index contributed by atoms with van der Waals surface area (Å²) in [6, 6.07) is 9.87. The molecule has 1 heterocycles. The number of Topliss-reactive ketones (excluding diaryl/α,β-unsaturated/α-hetero) is 1. The highest BCUT2D eigenvalue weighted by Crippen LogP contribution is 2.47. The quantitative estimate of drug-likeness (QED) is 0.709. The third-order valence-corrected chi connectivity index (χ3v) is 5.14. The van der Waals surface area contributed by atoms with Gasteiger partial charge in [-0.2, -0.15) is 10.4 Å². The van der Waals surface area contributed by atoms with Gasteiger partial charge in [0, 0.05) is 23.6 Å². The molecule has 25 heavy (non-hydrogen) atoms. The van der Waals surface area contributed by atoms with Crippen LogP contribution in [-0.2, 0) is 0 Å². The summed E-state index contributed by atoms with van der Waals surface area (Å²) in [7, 11) is 0. The fraction of sp³-hybridized carbons (Fsp3) is 0.476. The van der Waals surface area contributed by atoms with Gasteiger partial charge < -0.3 is 0 Å². The lowest BCUT2D eigenvalue weighted by atomic mass is 9.98. The Morgan fingerprint density at radius 3 is 2.44 bits per heavy atom. The Morgan fingerprint density at radius 1 is 1.24 bits per heavy atom. The zero-order valence-corrected chi connectivity index (χ0v) is 14.8. The van der Waals surface area contributed by atoms with E-state index in [9.17, 15) is 4.79 Å². The van der Waals surface area contributed by atoms with Gasteiger partial charge in [-0.25, -0.2) is 0 Å². The average molecular weight is 333 g/mol. The normalized spacial score (nSPS) is 16.9. The monoisotopic (exact) mass is 333 g/mol. The minimum Gasteiger partial charge on any atom is -0.292 e. The van der Waals surface area contributed by atoms with E-state index in [0.717, 1.165) is 35.4 Å². The molecule has 1 aromatic carbocycles. The first-order valence-electron chi connectivity index (χ1n) is 9.24. The van der Waals surface area contributed by atoms with Gasteiger partial charge in [0.2, 0.25) is 0 Å². The second kappa shape index (κ2) is 6.15. The van der Waals surface area contributed by atoms with Crippen LogP contribution in [0.3, 0.4) is 0 Å². The number of nitrogens with zero attached hydrogens (tertiary/aromatic N) is 3. The van der Waals surface area contributed by atoms with Crippen molar-refractivity contribution in [2.45, 2.75) is 57.9 Å². The van der Waals surface area contributed by atoms with Crippen molar-refractivity contribution >= 4 is 5.78 Å². The zero-order chi connectivity index (χ0) is 17.6. The van der Waals surface area contributed by atoms with E-state index in [2.05, 4.69) is 19.9 Å². The van der Waals surface area contributed by atoms with E-state index in [1.165, 1.54) is 12.8 Å². The summed E-state index contributed by atoms with van der Waals surface area (Å²) in [5, 5.41) is 13.9. The Bertz CT molecular complexity index is 847. The van der Waals surface area contributed by atoms with Crippen LogP contribution in [0.2, 0.25) is 0 Å². The van der Waals surface area contributed by atoms with Gasteiger partial charge in [0.1, 0.15) is 5.69 Å². The van der Waals surface area contributed by atoms with Crippen molar-refractivity contribution in [1.29, 1.82) is 5.26 Å². The highest BCUT2D eigenvalue weighted by atomic mass is 16.1.